The first kappa shape index (κ1) is 24.9. The molecule has 1 saturated heterocycles. The molecule has 178 valence electrons. The highest BCUT2D eigenvalue weighted by Crippen LogP contribution is 2.19. The summed E-state index contributed by atoms with van der Waals surface area (Å²) >= 11 is 0. The molecule has 0 radical (unpaired) electrons. The van der Waals surface area contributed by atoms with Gasteiger partial charge in [0.05, 0.1) is 0 Å². The number of ether oxygens (including phenoxy) is 1. The first-order chi connectivity index (χ1) is 16.1. The van der Waals surface area contributed by atoms with Gasteiger partial charge in [-0.15, -0.1) is 0 Å². The topological polar surface area (TPSA) is 66.9 Å². The maximum Gasteiger partial charge on any atom is 0.491 e. The quantitative estimate of drug-likeness (QED) is 0.274. The van der Waals surface area contributed by atoms with Gasteiger partial charge in [-0.25, -0.2) is 9.59 Å². The molecular weight excluding hydrogens is 449 g/mol. The van der Waals surface area contributed by atoms with Crippen LogP contribution in [0.5, 0.6) is 0 Å². The van der Waals surface area contributed by atoms with Crippen molar-refractivity contribution in [2.45, 2.75) is 6.18 Å². The summed E-state index contributed by atoms with van der Waals surface area (Å²) in [6.07, 6.45) is -0.295. The maximum atomic E-state index is 12.5. The van der Waals surface area contributed by atoms with Crippen LogP contribution in [-0.4, -0.2) is 62.0 Å². The van der Waals surface area contributed by atoms with Crippen molar-refractivity contribution in [3.8, 4) is 0 Å². The number of alkyl halides is 3. The van der Waals surface area contributed by atoms with Gasteiger partial charge in [-0.3, -0.25) is 4.79 Å². The molecule has 0 unspecified atom stereocenters. The smallest absolute Gasteiger partial charge is 0.383 e. The third kappa shape index (κ3) is 7.14. The molecule has 2 aromatic carbocycles. The van der Waals surface area contributed by atoms with E-state index in [0.29, 0.717) is 16.7 Å². The number of ketones is 1. The van der Waals surface area contributed by atoms with Crippen LogP contribution in [0.25, 0.3) is 12.2 Å². The van der Waals surface area contributed by atoms with Crippen molar-refractivity contribution >= 4 is 35.6 Å². The van der Waals surface area contributed by atoms with Crippen LogP contribution in [0.15, 0.2) is 60.7 Å². The van der Waals surface area contributed by atoms with Gasteiger partial charge in [0, 0.05) is 43.5 Å². The summed E-state index contributed by atoms with van der Waals surface area (Å²) < 4.78 is 40.1. The second-order valence-corrected chi connectivity index (χ2v) is 7.74. The minimum atomic E-state index is -5.24. The third-order valence-electron chi connectivity index (χ3n) is 5.19. The predicted molar refractivity (Wildman–Crippen MR) is 122 cm³/mol. The van der Waals surface area contributed by atoms with Crippen molar-refractivity contribution in [3.05, 3.63) is 77.4 Å². The normalized spacial score (nSPS) is 15.1. The minimum absolute atomic E-state index is 0.180. The van der Waals surface area contributed by atoms with Crippen LogP contribution in [0.4, 0.5) is 18.9 Å². The van der Waals surface area contributed by atoms with E-state index in [1.807, 2.05) is 12.1 Å². The lowest BCUT2D eigenvalue weighted by molar-refractivity contribution is -0.200. The lowest BCUT2D eigenvalue weighted by atomic mass is 10.1. The number of esters is 2. The fraction of sp³-hybridized carbons (Fsp3) is 0.240. The molecule has 34 heavy (non-hydrogen) atoms. The number of hydrogen-bond acceptors (Lipinski definition) is 6. The SMILES string of the molecule is CN1CCN(c2ccc(C(=O)/C=C/c3cccc(/C=C/C(=O)OC(=O)C(F)(F)F)c3)cc2)CC1. The molecule has 3 rings (SSSR count). The first-order valence-corrected chi connectivity index (χ1v) is 10.5. The van der Waals surface area contributed by atoms with E-state index in [9.17, 15) is 27.6 Å². The molecule has 0 saturated carbocycles. The maximum absolute atomic E-state index is 12.5. The summed E-state index contributed by atoms with van der Waals surface area (Å²) in [4.78, 5) is 39.1. The number of likely N-dealkylation sites (N-methyl/N-ethyl adjacent to an activating group) is 1. The number of allylic oxidation sites excluding steroid dienone is 1. The molecule has 0 N–H and O–H groups in total. The second kappa shape index (κ2) is 10.9. The summed E-state index contributed by atoms with van der Waals surface area (Å²) in [5, 5.41) is 0. The molecule has 0 atom stereocenters. The number of anilines is 1. The molecular formula is C25H23F3N2O4. The van der Waals surface area contributed by atoms with Crippen LogP contribution in [0.3, 0.4) is 0 Å². The van der Waals surface area contributed by atoms with Crippen LogP contribution in [0, 0.1) is 0 Å². The Morgan fingerprint density at radius 2 is 1.47 bits per heavy atom. The summed E-state index contributed by atoms with van der Waals surface area (Å²) in [6, 6.07) is 14.0. The first-order valence-electron chi connectivity index (χ1n) is 10.5. The molecule has 0 bridgehead atoms. The highest BCUT2D eigenvalue weighted by atomic mass is 19.4. The molecule has 0 aliphatic carbocycles. The number of rotatable bonds is 6. The zero-order chi connectivity index (χ0) is 24.7. The number of hydrogen-bond donors (Lipinski definition) is 0. The Labute approximate surface area is 194 Å². The van der Waals surface area contributed by atoms with E-state index >= 15 is 0 Å². The van der Waals surface area contributed by atoms with Gasteiger partial charge < -0.3 is 14.5 Å². The monoisotopic (exact) mass is 472 g/mol. The van der Waals surface area contributed by atoms with Crippen molar-refractivity contribution in [2.24, 2.45) is 0 Å². The summed E-state index contributed by atoms with van der Waals surface area (Å²) in [5.41, 5.74) is 2.73. The standard InChI is InChI=1S/C25H23F3N2O4/c1-29-13-15-30(16-14-29)21-9-7-20(8-10-21)22(31)11-5-18-3-2-4-19(17-18)6-12-23(32)34-24(33)25(26,27)28/h2-12,17H,13-16H2,1H3/b11-5+,12-6+. The van der Waals surface area contributed by atoms with Gasteiger partial charge in [0.2, 0.25) is 0 Å². The van der Waals surface area contributed by atoms with Gasteiger partial charge in [0.25, 0.3) is 0 Å². The third-order valence-corrected chi connectivity index (χ3v) is 5.19. The molecule has 1 aliphatic rings. The Morgan fingerprint density at radius 1 is 0.882 bits per heavy atom. The number of carbonyl (C=O) groups excluding carboxylic acids is 3. The van der Waals surface area contributed by atoms with E-state index in [0.717, 1.165) is 37.9 Å². The Morgan fingerprint density at radius 3 is 2.06 bits per heavy atom. The van der Waals surface area contributed by atoms with Gasteiger partial charge in [0.1, 0.15) is 0 Å². The fourth-order valence-corrected chi connectivity index (χ4v) is 3.28. The number of carbonyl (C=O) groups is 3. The number of halogens is 3. The van der Waals surface area contributed by atoms with E-state index in [1.54, 1.807) is 42.5 Å². The molecule has 1 fully saturated rings. The molecule has 6 nitrogen and oxygen atoms in total. The summed E-state index contributed by atoms with van der Waals surface area (Å²) in [7, 11) is 2.09. The summed E-state index contributed by atoms with van der Waals surface area (Å²) in [6.45, 7) is 3.85. The van der Waals surface area contributed by atoms with Gasteiger partial charge in [-0.2, -0.15) is 13.2 Å². The molecule has 0 amide bonds. The van der Waals surface area contributed by atoms with Crippen molar-refractivity contribution in [3.63, 3.8) is 0 Å². The molecule has 2 aromatic rings. The molecule has 1 aliphatic heterocycles. The van der Waals surface area contributed by atoms with Gasteiger partial charge in [0.15, 0.2) is 5.78 Å². The van der Waals surface area contributed by atoms with Gasteiger partial charge in [-0.1, -0.05) is 24.3 Å². The van der Waals surface area contributed by atoms with E-state index in [-0.39, 0.29) is 5.78 Å². The zero-order valence-electron chi connectivity index (χ0n) is 18.4. The minimum Gasteiger partial charge on any atom is -0.383 e. The summed E-state index contributed by atoms with van der Waals surface area (Å²) in [5.74, 6) is -4.19. The van der Waals surface area contributed by atoms with E-state index in [4.69, 9.17) is 0 Å². The average molecular weight is 472 g/mol. The lowest BCUT2D eigenvalue weighted by Gasteiger charge is -2.34. The van der Waals surface area contributed by atoms with Crippen LogP contribution in [-0.2, 0) is 14.3 Å². The zero-order valence-corrected chi connectivity index (χ0v) is 18.4. The van der Waals surface area contributed by atoms with E-state index in [2.05, 4.69) is 21.6 Å². The number of benzene rings is 2. The molecule has 0 aromatic heterocycles. The highest BCUT2D eigenvalue weighted by Gasteiger charge is 2.42. The number of piperazine rings is 1. The largest absolute Gasteiger partial charge is 0.491 e. The Balaban J connectivity index is 1.59. The average Bonchev–Trinajstić information content (AvgIpc) is 2.81. The van der Waals surface area contributed by atoms with Crippen LogP contribution >= 0.6 is 0 Å². The van der Waals surface area contributed by atoms with Gasteiger partial charge in [-0.05, 0) is 60.7 Å². The highest BCUT2D eigenvalue weighted by molar-refractivity contribution is 6.07. The lowest BCUT2D eigenvalue weighted by Crippen LogP contribution is -2.44. The molecule has 0 spiro atoms. The molecule has 9 heteroatoms. The predicted octanol–water partition coefficient (Wildman–Crippen LogP) is 3.98. The Kier molecular flexibility index (Phi) is 8.01. The van der Waals surface area contributed by atoms with Crippen molar-refractivity contribution < 1.29 is 32.3 Å². The Bertz CT molecular complexity index is 1100. The number of nitrogens with zero attached hydrogens (tertiary/aromatic N) is 2. The fourth-order valence-electron chi connectivity index (χ4n) is 3.28. The van der Waals surface area contributed by atoms with Crippen LogP contribution < -0.4 is 4.90 Å². The van der Waals surface area contributed by atoms with E-state index in [1.165, 1.54) is 12.2 Å². The van der Waals surface area contributed by atoms with Gasteiger partial charge >= 0.3 is 18.1 Å². The molecule has 1 heterocycles. The van der Waals surface area contributed by atoms with Crippen molar-refractivity contribution in [1.82, 2.24) is 4.90 Å². The van der Waals surface area contributed by atoms with E-state index < -0.39 is 18.1 Å². The Hall–Kier alpha value is -3.72. The van der Waals surface area contributed by atoms with Crippen LogP contribution in [0.1, 0.15) is 21.5 Å². The van der Waals surface area contributed by atoms with Crippen molar-refractivity contribution in [1.29, 1.82) is 0 Å². The van der Waals surface area contributed by atoms with Crippen molar-refractivity contribution in [2.75, 3.05) is 38.1 Å². The second-order valence-electron chi connectivity index (χ2n) is 7.74. The van der Waals surface area contributed by atoms with Crippen LogP contribution in [0.2, 0.25) is 0 Å².